The third kappa shape index (κ3) is 5.54. The van der Waals surface area contributed by atoms with Crippen LogP contribution in [0.5, 0.6) is 11.6 Å². The van der Waals surface area contributed by atoms with Crippen molar-refractivity contribution in [2.24, 2.45) is 0 Å². The maximum absolute atomic E-state index is 13.8. The van der Waals surface area contributed by atoms with E-state index < -0.39 is 5.82 Å². The van der Waals surface area contributed by atoms with Crippen LogP contribution >= 0.6 is 11.6 Å². The first-order chi connectivity index (χ1) is 15.9. The molecule has 3 aromatic rings. The zero-order chi connectivity index (χ0) is 23.4. The molecule has 2 aromatic carbocycles. The number of aromatic nitrogens is 2. The van der Waals surface area contributed by atoms with Crippen LogP contribution in [0, 0.1) is 12.7 Å². The molecule has 1 fully saturated rings. The topological polar surface area (TPSA) is 56.6 Å². The summed E-state index contributed by atoms with van der Waals surface area (Å²) >= 11 is 6.06. The van der Waals surface area contributed by atoms with Crippen molar-refractivity contribution in [2.45, 2.75) is 45.8 Å². The Morgan fingerprint density at radius 1 is 1.30 bits per heavy atom. The summed E-state index contributed by atoms with van der Waals surface area (Å²) in [7, 11) is 0. The molecule has 0 N–H and O–H groups in total. The van der Waals surface area contributed by atoms with E-state index in [1.807, 2.05) is 26.0 Å². The molecule has 2 heterocycles. The van der Waals surface area contributed by atoms with Gasteiger partial charge in [-0.1, -0.05) is 24.6 Å². The first-order valence-electron chi connectivity index (χ1n) is 11.1. The molecule has 0 aliphatic carbocycles. The number of halogens is 2. The molecule has 0 saturated carbocycles. The zero-order valence-electron chi connectivity index (χ0n) is 18.8. The van der Waals surface area contributed by atoms with Crippen LogP contribution in [0.15, 0.2) is 48.5 Å². The predicted octanol–water partition coefficient (Wildman–Crippen LogP) is 5.68. The molecule has 174 valence electrons. The van der Waals surface area contributed by atoms with Gasteiger partial charge < -0.3 is 14.4 Å². The van der Waals surface area contributed by atoms with Crippen LogP contribution in [0.2, 0.25) is 5.02 Å². The lowest BCUT2D eigenvalue weighted by atomic mass is 10.2. The third-order valence-corrected chi connectivity index (χ3v) is 5.92. The lowest BCUT2D eigenvalue weighted by Crippen LogP contribution is -2.36. The van der Waals surface area contributed by atoms with Gasteiger partial charge in [-0.05, 0) is 56.2 Å². The standard InChI is InChI=1S/C25H27ClFN3O3/c1-3-24(31)29(15-22-8-5-13-32-22)16-23-17(2)28-30(20-11-9-18(26)10-12-20)25(23)33-21-7-4-6-19(27)14-21/h4,6-7,9-12,14,22H,3,5,8,13,15-16H2,1-2H3/t22-/m0/s1. The maximum Gasteiger partial charge on any atom is 0.227 e. The lowest BCUT2D eigenvalue weighted by molar-refractivity contribution is -0.133. The Morgan fingerprint density at radius 3 is 2.76 bits per heavy atom. The fourth-order valence-corrected chi connectivity index (χ4v) is 4.05. The Balaban J connectivity index is 1.73. The molecule has 1 saturated heterocycles. The Labute approximate surface area is 197 Å². The van der Waals surface area contributed by atoms with E-state index in [0.29, 0.717) is 36.2 Å². The molecule has 33 heavy (non-hydrogen) atoms. The smallest absolute Gasteiger partial charge is 0.227 e. The summed E-state index contributed by atoms with van der Waals surface area (Å²) in [6.07, 6.45) is 2.35. The van der Waals surface area contributed by atoms with Crippen LogP contribution in [-0.2, 0) is 16.1 Å². The molecule has 0 unspecified atom stereocenters. The summed E-state index contributed by atoms with van der Waals surface area (Å²) < 4.78 is 27.4. The van der Waals surface area contributed by atoms with Crippen molar-refractivity contribution in [1.29, 1.82) is 0 Å². The third-order valence-electron chi connectivity index (χ3n) is 5.67. The summed E-state index contributed by atoms with van der Waals surface area (Å²) in [4.78, 5) is 14.6. The number of aryl methyl sites for hydroxylation is 1. The van der Waals surface area contributed by atoms with Crippen molar-refractivity contribution in [2.75, 3.05) is 13.2 Å². The quantitative estimate of drug-likeness (QED) is 0.424. The molecule has 8 heteroatoms. The highest BCUT2D eigenvalue weighted by atomic mass is 35.5. The maximum atomic E-state index is 13.8. The Kier molecular flexibility index (Phi) is 7.30. The highest BCUT2D eigenvalue weighted by Crippen LogP contribution is 2.32. The van der Waals surface area contributed by atoms with Crippen LogP contribution in [-0.4, -0.2) is 39.8 Å². The lowest BCUT2D eigenvalue weighted by Gasteiger charge is -2.25. The Hall–Kier alpha value is -2.90. The van der Waals surface area contributed by atoms with Gasteiger partial charge in [-0.25, -0.2) is 9.07 Å². The summed E-state index contributed by atoms with van der Waals surface area (Å²) in [5.74, 6) is 0.408. The van der Waals surface area contributed by atoms with E-state index in [9.17, 15) is 9.18 Å². The molecular formula is C25H27ClFN3O3. The fourth-order valence-electron chi connectivity index (χ4n) is 3.93. The van der Waals surface area contributed by atoms with Crippen molar-refractivity contribution in [3.8, 4) is 17.3 Å². The van der Waals surface area contributed by atoms with Gasteiger partial charge in [0.25, 0.3) is 0 Å². The number of nitrogens with zero attached hydrogens (tertiary/aromatic N) is 3. The fraction of sp³-hybridized carbons (Fsp3) is 0.360. The van der Waals surface area contributed by atoms with Gasteiger partial charge in [0.2, 0.25) is 11.8 Å². The van der Waals surface area contributed by atoms with Crippen molar-refractivity contribution in [3.63, 3.8) is 0 Å². The van der Waals surface area contributed by atoms with Gasteiger partial charge >= 0.3 is 0 Å². The molecular weight excluding hydrogens is 445 g/mol. The number of hydrogen-bond donors (Lipinski definition) is 0. The molecule has 1 aromatic heterocycles. The van der Waals surface area contributed by atoms with Gasteiger partial charge in [0.15, 0.2) is 0 Å². The summed E-state index contributed by atoms with van der Waals surface area (Å²) in [6.45, 7) is 5.27. The number of rotatable bonds is 8. The summed E-state index contributed by atoms with van der Waals surface area (Å²) in [6, 6.07) is 13.1. The second-order valence-corrected chi connectivity index (χ2v) is 8.52. The number of ether oxygens (including phenoxy) is 2. The first-order valence-corrected chi connectivity index (χ1v) is 11.5. The molecule has 0 bridgehead atoms. The number of amides is 1. The molecule has 4 rings (SSSR count). The largest absolute Gasteiger partial charge is 0.438 e. The van der Waals surface area contributed by atoms with E-state index in [-0.39, 0.29) is 12.0 Å². The second-order valence-electron chi connectivity index (χ2n) is 8.08. The van der Waals surface area contributed by atoms with Gasteiger partial charge in [0.05, 0.1) is 29.6 Å². The van der Waals surface area contributed by atoms with Crippen LogP contribution < -0.4 is 4.74 Å². The molecule has 6 nitrogen and oxygen atoms in total. The second kappa shape index (κ2) is 10.4. The van der Waals surface area contributed by atoms with Gasteiger partial charge in [0, 0.05) is 30.7 Å². The number of carbonyl (C=O) groups excluding carboxylic acids is 1. The molecule has 0 spiro atoms. The summed E-state index contributed by atoms with van der Waals surface area (Å²) in [5, 5.41) is 5.29. The minimum absolute atomic E-state index is 0.0275. The summed E-state index contributed by atoms with van der Waals surface area (Å²) in [5.41, 5.74) is 2.22. The SMILES string of the molecule is CCC(=O)N(Cc1c(C)nn(-c2ccc(Cl)cc2)c1Oc1cccc(F)c1)C[C@@H]1CCCO1. The highest BCUT2D eigenvalue weighted by Gasteiger charge is 2.26. The Bertz CT molecular complexity index is 1110. The van der Waals surface area contributed by atoms with Gasteiger partial charge in [-0.15, -0.1) is 0 Å². The van der Waals surface area contributed by atoms with E-state index in [2.05, 4.69) is 5.10 Å². The Morgan fingerprint density at radius 2 is 2.09 bits per heavy atom. The van der Waals surface area contributed by atoms with E-state index in [0.717, 1.165) is 36.4 Å². The first kappa shape index (κ1) is 23.3. The average molecular weight is 472 g/mol. The minimum Gasteiger partial charge on any atom is -0.438 e. The number of hydrogen-bond acceptors (Lipinski definition) is 4. The van der Waals surface area contributed by atoms with Crippen molar-refractivity contribution in [3.05, 3.63) is 70.6 Å². The molecule has 0 radical (unpaired) electrons. The molecule has 1 amide bonds. The minimum atomic E-state index is -0.399. The molecule has 1 aliphatic rings. The van der Waals surface area contributed by atoms with E-state index >= 15 is 0 Å². The van der Waals surface area contributed by atoms with Crippen LogP contribution in [0.25, 0.3) is 5.69 Å². The van der Waals surface area contributed by atoms with Gasteiger partial charge in [0.1, 0.15) is 11.6 Å². The van der Waals surface area contributed by atoms with E-state index in [1.165, 1.54) is 12.1 Å². The van der Waals surface area contributed by atoms with E-state index in [1.54, 1.807) is 33.8 Å². The normalized spacial score (nSPS) is 15.6. The molecule has 1 atom stereocenters. The predicted molar refractivity (Wildman–Crippen MR) is 124 cm³/mol. The number of carbonyl (C=O) groups is 1. The monoisotopic (exact) mass is 471 g/mol. The van der Waals surface area contributed by atoms with Crippen LogP contribution in [0.3, 0.4) is 0 Å². The average Bonchev–Trinajstić information content (AvgIpc) is 3.42. The van der Waals surface area contributed by atoms with Crippen molar-refractivity contribution >= 4 is 17.5 Å². The highest BCUT2D eigenvalue weighted by molar-refractivity contribution is 6.30. The van der Waals surface area contributed by atoms with Crippen LogP contribution in [0.1, 0.15) is 37.4 Å². The number of benzene rings is 2. The molecule has 1 aliphatic heterocycles. The van der Waals surface area contributed by atoms with Gasteiger partial charge in [-0.2, -0.15) is 5.10 Å². The van der Waals surface area contributed by atoms with Crippen molar-refractivity contribution < 1.29 is 18.7 Å². The van der Waals surface area contributed by atoms with Crippen LogP contribution in [0.4, 0.5) is 4.39 Å². The van der Waals surface area contributed by atoms with E-state index in [4.69, 9.17) is 21.1 Å². The zero-order valence-corrected chi connectivity index (χ0v) is 19.5. The van der Waals surface area contributed by atoms with Gasteiger partial charge in [-0.3, -0.25) is 4.79 Å². The van der Waals surface area contributed by atoms with Crippen molar-refractivity contribution in [1.82, 2.24) is 14.7 Å².